The zero-order valence-corrected chi connectivity index (χ0v) is 13.0. The van der Waals surface area contributed by atoms with Gasteiger partial charge in [-0.2, -0.15) is 0 Å². The second-order valence-electron chi connectivity index (χ2n) is 4.04. The summed E-state index contributed by atoms with van der Waals surface area (Å²) in [7, 11) is 0. The Morgan fingerprint density at radius 1 is 1.17 bits per heavy atom. The average Bonchev–Trinajstić information content (AvgIpc) is 2.13. The van der Waals surface area contributed by atoms with Crippen LogP contribution in [0.25, 0.3) is 0 Å². The number of alkyl halides is 3. The molecule has 0 spiro atoms. The van der Waals surface area contributed by atoms with Gasteiger partial charge in [-0.15, -0.1) is 11.6 Å². The van der Waals surface area contributed by atoms with E-state index in [9.17, 15) is 4.79 Å². The molecule has 0 aliphatic carbocycles. The van der Waals surface area contributed by atoms with E-state index in [-0.39, 0.29) is 6.42 Å². The summed E-state index contributed by atoms with van der Waals surface area (Å²) in [4.78, 5) is 9.79. The Balaban J connectivity index is 3.09. The lowest BCUT2D eigenvalue weighted by atomic mass is 9.95. The van der Waals surface area contributed by atoms with Crippen LogP contribution in [0.3, 0.4) is 0 Å². The Morgan fingerprint density at radius 2 is 1.61 bits per heavy atom. The fraction of sp³-hybridized carbons (Fsp3) is 0.364. The van der Waals surface area contributed by atoms with Crippen molar-refractivity contribution in [1.29, 1.82) is 0 Å². The SMILES string of the molecule is CC(Cl)(CC(Cl)(Cl)C(=O)O)c1cc(Cl)cc(Cl)c1. The predicted octanol–water partition coefficient (Wildman–Crippen LogP) is 5.10. The summed E-state index contributed by atoms with van der Waals surface area (Å²) in [5, 5.41) is 9.68. The summed E-state index contributed by atoms with van der Waals surface area (Å²) in [6, 6.07) is 4.73. The third kappa shape index (κ3) is 4.07. The molecule has 0 heterocycles. The Kier molecular flexibility index (Phi) is 5.07. The zero-order valence-electron chi connectivity index (χ0n) is 9.18. The number of carboxylic acids is 1. The molecule has 0 aromatic heterocycles. The van der Waals surface area contributed by atoms with Gasteiger partial charge in [-0.25, -0.2) is 4.79 Å². The van der Waals surface area contributed by atoms with Gasteiger partial charge < -0.3 is 5.11 Å². The topological polar surface area (TPSA) is 37.3 Å². The van der Waals surface area contributed by atoms with Crippen LogP contribution in [0.15, 0.2) is 18.2 Å². The van der Waals surface area contributed by atoms with Crippen molar-refractivity contribution in [1.82, 2.24) is 0 Å². The van der Waals surface area contributed by atoms with E-state index in [2.05, 4.69) is 0 Å². The summed E-state index contributed by atoms with van der Waals surface area (Å²) in [5.74, 6) is -1.36. The predicted molar refractivity (Wildman–Crippen MR) is 76.4 cm³/mol. The molecule has 0 amide bonds. The Labute approximate surface area is 130 Å². The molecule has 1 aromatic carbocycles. The van der Waals surface area contributed by atoms with Crippen LogP contribution < -0.4 is 0 Å². The molecule has 0 bridgehead atoms. The van der Waals surface area contributed by atoms with E-state index < -0.39 is 15.2 Å². The quantitative estimate of drug-likeness (QED) is 0.768. The number of benzene rings is 1. The van der Waals surface area contributed by atoms with Gasteiger partial charge in [0.25, 0.3) is 0 Å². The van der Waals surface area contributed by atoms with Gasteiger partial charge in [0, 0.05) is 16.5 Å². The minimum Gasteiger partial charge on any atom is -0.479 e. The maximum absolute atomic E-state index is 10.9. The van der Waals surface area contributed by atoms with Gasteiger partial charge >= 0.3 is 5.97 Å². The maximum atomic E-state index is 10.9. The fourth-order valence-corrected chi connectivity index (χ4v) is 2.96. The lowest BCUT2D eigenvalue weighted by molar-refractivity contribution is -0.138. The lowest BCUT2D eigenvalue weighted by Crippen LogP contribution is -2.33. The smallest absolute Gasteiger partial charge is 0.340 e. The van der Waals surface area contributed by atoms with Gasteiger partial charge in [-0.3, -0.25) is 0 Å². The highest BCUT2D eigenvalue weighted by atomic mass is 35.5. The standard InChI is InChI=1S/C11H9Cl5O2/c1-10(14,5-11(15,16)9(17)18)6-2-7(12)4-8(13)3-6/h2-4H,5H2,1H3,(H,17,18). The van der Waals surface area contributed by atoms with Crippen molar-refractivity contribution in [3.63, 3.8) is 0 Å². The minimum atomic E-state index is -1.98. The molecule has 1 atom stereocenters. The van der Waals surface area contributed by atoms with Crippen LogP contribution in [-0.4, -0.2) is 15.4 Å². The third-order valence-electron chi connectivity index (χ3n) is 2.33. The molecule has 0 saturated heterocycles. The average molecular weight is 350 g/mol. The number of hydrogen-bond acceptors (Lipinski definition) is 1. The molecule has 2 nitrogen and oxygen atoms in total. The van der Waals surface area contributed by atoms with Gasteiger partial charge in [-0.1, -0.05) is 46.4 Å². The molecule has 0 aliphatic heterocycles. The molecule has 1 aromatic rings. The van der Waals surface area contributed by atoms with E-state index in [1.54, 1.807) is 25.1 Å². The molecular formula is C11H9Cl5O2. The van der Waals surface area contributed by atoms with Gasteiger partial charge in [0.2, 0.25) is 4.33 Å². The second kappa shape index (κ2) is 5.64. The van der Waals surface area contributed by atoms with E-state index in [1.807, 2.05) is 0 Å². The second-order valence-corrected chi connectivity index (χ2v) is 7.23. The molecule has 0 radical (unpaired) electrons. The van der Waals surface area contributed by atoms with Crippen LogP contribution in [0.5, 0.6) is 0 Å². The van der Waals surface area contributed by atoms with Crippen molar-refractivity contribution in [2.45, 2.75) is 22.6 Å². The van der Waals surface area contributed by atoms with Crippen LogP contribution in [0, 0.1) is 0 Å². The highest BCUT2D eigenvalue weighted by molar-refractivity contribution is 6.57. The van der Waals surface area contributed by atoms with Crippen LogP contribution in [-0.2, 0) is 9.67 Å². The van der Waals surface area contributed by atoms with Crippen LogP contribution >= 0.6 is 58.0 Å². The number of halogens is 5. The summed E-state index contributed by atoms with van der Waals surface area (Å²) in [6.07, 6.45) is -0.198. The van der Waals surface area contributed by atoms with Crippen LogP contribution in [0.1, 0.15) is 18.9 Å². The van der Waals surface area contributed by atoms with E-state index >= 15 is 0 Å². The fourth-order valence-electron chi connectivity index (χ4n) is 1.45. The van der Waals surface area contributed by atoms with Crippen molar-refractivity contribution < 1.29 is 9.90 Å². The lowest BCUT2D eigenvalue weighted by Gasteiger charge is -2.28. The first-order chi connectivity index (χ1) is 8.04. The van der Waals surface area contributed by atoms with Gasteiger partial charge in [0.05, 0.1) is 4.87 Å². The van der Waals surface area contributed by atoms with Crippen LogP contribution in [0.4, 0.5) is 0 Å². The molecule has 18 heavy (non-hydrogen) atoms. The highest BCUT2D eigenvalue weighted by Crippen LogP contribution is 2.42. The summed E-state index contributed by atoms with van der Waals surface area (Å²) in [5.41, 5.74) is 0.550. The molecule has 100 valence electrons. The van der Waals surface area contributed by atoms with E-state index in [0.29, 0.717) is 15.6 Å². The Hall–Kier alpha value is 0.140. The summed E-state index contributed by atoms with van der Waals surface area (Å²) in [6.45, 7) is 1.60. The van der Waals surface area contributed by atoms with Crippen molar-refractivity contribution >= 4 is 64.0 Å². The first kappa shape index (κ1) is 16.2. The first-order valence-electron chi connectivity index (χ1n) is 4.81. The number of carbonyl (C=O) groups is 1. The molecule has 7 heteroatoms. The third-order valence-corrected chi connectivity index (χ3v) is 3.71. The van der Waals surface area contributed by atoms with Crippen molar-refractivity contribution in [2.75, 3.05) is 0 Å². The molecular weight excluding hydrogens is 341 g/mol. The number of aliphatic carboxylic acids is 1. The zero-order chi connectivity index (χ0) is 14.1. The van der Waals surface area contributed by atoms with Crippen molar-refractivity contribution in [3.05, 3.63) is 33.8 Å². The van der Waals surface area contributed by atoms with Crippen LogP contribution in [0.2, 0.25) is 10.0 Å². The first-order valence-corrected chi connectivity index (χ1v) is 6.70. The summed E-state index contributed by atoms with van der Waals surface area (Å²) >= 11 is 29.4. The largest absolute Gasteiger partial charge is 0.479 e. The highest BCUT2D eigenvalue weighted by Gasteiger charge is 2.42. The molecule has 1 N–H and O–H groups in total. The van der Waals surface area contributed by atoms with Crippen molar-refractivity contribution in [3.8, 4) is 0 Å². The molecule has 1 unspecified atom stereocenters. The molecule has 0 fully saturated rings. The Morgan fingerprint density at radius 3 is 2.00 bits per heavy atom. The van der Waals surface area contributed by atoms with E-state index in [1.165, 1.54) is 0 Å². The minimum absolute atomic E-state index is 0.198. The van der Waals surface area contributed by atoms with E-state index in [4.69, 9.17) is 63.1 Å². The molecule has 0 saturated carbocycles. The Bertz CT molecular complexity index is 450. The monoisotopic (exact) mass is 348 g/mol. The number of hydrogen-bond donors (Lipinski definition) is 1. The number of carboxylic acid groups (broad SMARTS) is 1. The maximum Gasteiger partial charge on any atom is 0.340 e. The van der Waals surface area contributed by atoms with E-state index in [0.717, 1.165) is 0 Å². The van der Waals surface area contributed by atoms with Gasteiger partial charge in [0.1, 0.15) is 0 Å². The normalized spacial score (nSPS) is 15.2. The van der Waals surface area contributed by atoms with Gasteiger partial charge in [0.15, 0.2) is 0 Å². The van der Waals surface area contributed by atoms with Gasteiger partial charge in [-0.05, 0) is 30.7 Å². The number of rotatable bonds is 4. The molecule has 0 aliphatic rings. The summed E-state index contributed by atoms with van der Waals surface area (Å²) < 4.78 is -1.98. The van der Waals surface area contributed by atoms with Crippen molar-refractivity contribution in [2.24, 2.45) is 0 Å². The molecule has 1 rings (SSSR count).